The van der Waals surface area contributed by atoms with E-state index in [0.717, 1.165) is 19.2 Å². The highest BCUT2D eigenvalue weighted by Gasteiger charge is 2.20. The van der Waals surface area contributed by atoms with Crippen molar-refractivity contribution in [1.29, 1.82) is 0 Å². The molecule has 3 heterocycles. The zero-order valence-electron chi connectivity index (χ0n) is 21.5. The van der Waals surface area contributed by atoms with Gasteiger partial charge >= 0.3 is 0 Å². The van der Waals surface area contributed by atoms with E-state index >= 15 is 0 Å². The predicted molar refractivity (Wildman–Crippen MR) is 145 cm³/mol. The summed E-state index contributed by atoms with van der Waals surface area (Å²) in [6.45, 7) is 4.74. The Balaban J connectivity index is 1.65. The van der Waals surface area contributed by atoms with Crippen LogP contribution in [-0.2, 0) is 28.4 Å². The van der Waals surface area contributed by atoms with Gasteiger partial charge in [0.05, 0.1) is 19.0 Å². The number of benzene rings is 2. The lowest BCUT2D eigenvalue weighted by Gasteiger charge is -2.26. The summed E-state index contributed by atoms with van der Waals surface area (Å²) in [6.07, 6.45) is 1.74. The molecule has 2 aromatic heterocycles. The fourth-order valence-corrected chi connectivity index (χ4v) is 5.24. The van der Waals surface area contributed by atoms with Gasteiger partial charge in [-0.1, -0.05) is 0 Å². The number of anilines is 1. The van der Waals surface area contributed by atoms with Crippen LogP contribution in [-0.4, -0.2) is 54.9 Å². The molecule has 0 amide bonds. The molecular formula is C27H28F2N4O5S. The van der Waals surface area contributed by atoms with Crippen LogP contribution in [0, 0.1) is 11.6 Å². The van der Waals surface area contributed by atoms with Crippen molar-refractivity contribution < 1.29 is 26.7 Å². The van der Waals surface area contributed by atoms with E-state index in [1.165, 1.54) is 25.1 Å². The first kappa shape index (κ1) is 26.9. The maximum Gasteiger partial charge on any atom is 0.272 e. The molecule has 0 radical (unpaired) electrons. The van der Waals surface area contributed by atoms with Crippen molar-refractivity contribution in [3.8, 4) is 22.6 Å². The fourth-order valence-electron chi connectivity index (χ4n) is 4.61. The number of nitrogens with zero attached hydrogens (tertiary/aromatic N) is 2. The van der Waals surface area contributed by atoms with Crippen molar-refractivity contribution >= 4 is 26.6 Å². The van der Waals surface area contributed by atoms with Gasteiger partial charge in [-0.25, -0.2) is 17.2 Å². The number of hydrogen-bond donors (Lipinski definition) is 2. The summed E-state index contributed by atoms with van der Waals surface area (Å²) >= 11 is 0. The highest BCUT2D eigenvalue weighted by Crippen LogP contribution is 2.40. The van der Waals surface area contributed by atoms with Crippen LogP contribution in [0.25, 0.3) is 22.0 Å². The van der Waals surface area contributed by atoms with Crippen LogP contribution in [0.5, 0.6) is 11.5 Å². The normalized spacial score (nSPS) is 14.6. The lowest BCUT2D eigenvalue weighted by molar-refractivity contribution is 0.0336. The fraction of sp³-hybridized carbons (Fsp3) is 0.296. The average Bonchev–Trinajstić information content (AvgIpc) is 3.23. The quantitative estimate of drug-likeness (QED) is 0.336. The molecule has 12 heteroatoms. The van der Waals surface area contributed by atoms with E-state index < -0.39 is 21.7 Å². The van der Waals surface area contributed by atoms with Crippen LogP contribution in [0.1, 0.15) is 12.6 Å². The van der Waals surface area contributed by atoms with E-state index in [1.807, 2.05) is 6.07 Å². The number of aromatic nitrogens is 2. The molecule has 2 aromatic carbocycles. The molecule has 0 bridgehead atoms. The van der Waals surface area contributed by atoms with Crippen LogP contribution >= 0.6 is 0 Å². The number of sulfonamides is 1. The molecule has 0 spiro atoms. The van der Waals surface area contributed by atoms with E-state index in [0.29, 0.717) is 53.5 Å². The number of aryl methyl sites for hydroxylation is 1. The Bertz CT molecular complexity index is 1690. The largest absolute Gasteiger partial charge is 0.454 e. The predicted octanol–water partition coefficient (Wildman–Crippen LogP) is 4.20. The zero-order valence-corrected chi connectivity index (χ0v) is 22.3. The van der Waals surface area contributed by atoms with Crippen LogP contribution in [0.2, 0.25) is 0 Å². The van der Waals surface area contributed by atoms with Crippen LogP contribution in [0.4, 0.5) is 14.5 Å². The molecule has 1 aliphatic rings. The highest BCUT2D eigenvalue weighted by molar-refractivity contribution is 7.92. The van der Waals surface area contributed by atoms with Gasteiger partial charge in [-0.3, -0.25) is 14.4 Å². The first-order chi connectivity index (χ1) is 18.6. The van der Waals surface area contributed by atoms with Crippen LogP contribution in [0.3, 0.4) is 0 Å². The number of H-pyrrole nitrogens is 1. The number of pyridine rings is 1. The van der Waals surface area contributed by atoms with Gasteiger partial charge in [0.2, 0.25) is 10.0 Å². The van der Waals surface area contributed by atoms with Gasteiger partial charge in [-0.05, 0) is 43.3 Å². The van der Waals surface area contributed by atoms with E-state index in [1.54, 1.807) is 23.9 Å². The molecule has 4 aromatic rings. The molecule has 0 unspecified atom stereocenters. The van der Waals surface area contributed by atoms with Crippen molar-refractivity contribution in [3.05, 3.63) is 76.3 Å². The molecular weight excluding hydrogens is 530 g/mol. The first-order valence-corrected chi connectivity index (χ1v) is 14.1. The minimum Gasteiger partial charge on any atom is -0.454 e. The number of aromatic amines is 1. The Hall–Kier alpha value is -3.74. The van der Waals surface area contributed by atoms with Crippen molar-refractivity contribution in [3.63, 3.8) is 0 Å². The molecule has 206 valence electrons. The Morgan fingerprint density at radius 3 is 2.51 bits per heavy atom. The van der Waals surface area contributed by atoms with E-state index in [4.69, 9.17) is 9.47 Å². The summed E-state index contributed by atoms with van der Waals surface area (Å²) in [7, 11) is -1.86. The van der Waals surface area contributed by atoms with Crippen LogP contribution in [0.15, 0.2) is 53.5 Å². The summed E-state index contributed by atoms with van der Waals surface area (Å²) in [5.41, 5.74) is 2.11. The number of fused-ring (bicyclic) bond motifs is 1. The zero-order chi connectivity index (χ0) is 27.7. The number of hydrogen-bond acceptors (Lipinski definition) is 6. The second-order valence-corrected chi connectivity index (χ2v) is 11.3. The maximum absolute atomic E-state index is 14.5. The number of morpholine rings is 1. The molecule has 0 atom stereocenters. The highest BCUT2D eigenvalue weighted by atomic mass is 32.2. The Kier molecular flexibility index (Phi) is 7.43. The van der Waals surface area contributed by atoms with Crippen molar-refractivity contribution in [2.45, 2.75) is 13.5 Å². The molecule has 2 N–H and O–H groups in total. The molecule has 5 rings (SSSR count). The molecule has 1 saturated heterocycles. The summed E-state index contributed by atoms with van der Waals surface area (Å²) in [5, 5.41) is 0.615. The molecule has 1 fully saturated rings. The van der Waals surface area contributed by atoms with Gasteiger partial charge in [0, 0.05) is 66.8 Å². The number of halogens is 2. The van der Waals surface area contributed by atoms with Crippen LogP contribution < -0.4 is 15.0 Å². The third-order valence-corrected chi connectivity index (χ3v) is 7.87. The van der Waals surface area contributed by atoms with Crippen molar-refractivity contribution in [1.82, 2.24) is 14.5 Å². The molecule has 0 saturated carbocycles. The molecule has 0 aliphatic carbocycles. The van der Waals surface area contributed by atoms with Gasteiger partial charge < -0.3 is 19.0 Å². The van der Waals surface area contributed by atoms with E-state index in [9.17, 15) is 22.0 Å². The Labute approximate surface area is 224 Å². The maximum atomic E-state index is 14.5. The third kappa shape index (κ3) is 5.82. The average molecular weight is 559 g/mol. The summed E-state index contributed by atoms with van der Waals surface area (Å²) in [5.74, 6) is -1.77. The molecule has 9 nitrogen and oxygen atoms in total. The Morgan fingerprint density at radius 2 is 1.79 bits per heavy atom. The van der Waals surface area contributed by atoms with Crippen molar-refractivity contribution in [2.24, 2.45) is 7.05 Å². The molecule has 39 heavy (non-hydrogen) atoms. The second kappa shape index (κ2) is 10.8. The number of ether oxygens (including phenoxy) is 2. The second-order valence-electron chi connectivity index (χ2n) is 9.32. The van der Waals surface area contributed by atoms with E-state index in [-0.39, 0.29) is 28.5 Å². The summed E-state index contributed by atoms with van der Waals surface area (Å²) in [4.78, 5) is 18.3. The SMILES string of the molecule is CCS(=O)(=O)Nc1ccc(Oc2ccc(F)cc2F)c(-c2cn(C)c3c(=O)[nH]c(CN4CCOCC4)cc23)c1. The summed E-state index contributed by atoms with van der Waals surface area (Å²) in [6, 6.07) is 9.43. The minimum absolute atomic E-state index is 0.129. The van der Waals surface area contributed by atoms with Gasteiger partial charge in [0.25, 0.3) is 5.56 Å². The van der Waals surface area contributed by atoms with Crippen molar-refractivity contribution in [2.75, 3.05) is 36.8 Å². The number of rotatable bonds is 8. The van der Waals surface area contributed by atoms with Gasteiger partial charge in [0.15, 0.2) is 11.6 Å². The Morgan fingerprint density at radius 1 is 1.05 bits per heavy atom. The van der Waals surface area contributed by atoms with E-state index in [2.05, 4.69) is 14.6 Å². The summed E-state index contributed by atoms with van der Waals surface area (Å²) < 4.78 is 68.0. The number of nitrogens with one attached hydrogen (secondary N) is 2. The standard InChI is InChI=1S/C27H28F2N4O5S/c1-3-39(35,36)31-18-5-7-24(38-25-6-4-17(28)12-23(25)29)20(13-18)22-16-32(2)26-21(22)14-19(30-27(26)34)15-33-8-10-37-11-9-33/h4-7,12-14,16,31H,3,8-11,15H2,1-2H3,(H,30,34). The monoisotopic (exact) mass is 558 g/mol. The topological polar surface area (TPSA) is 106 Å². The van der Waals surface area contributed by atoms with Gasteiger partial charge in [0.1, 0.15) is 17.1 Å². The lowest BCUT2D eigenvalue weighted by Crippen LogP contribution is -2.36. The smallest absolute Gasteiger partial charge is 0.272 e. The van der Waals surface area contributed by atoms with Gasteiger partial charge in [-0.2, -0.15) is 0 Å². The first-order valence-electron chi connectivity index (χ1n) is 12.4. The minimum atomic E-state index is -3.59. The lowest BCUT2D eigenvalue weighted by atomic mass is 10.0. The third-order valence-electron chi connectivity index (χ3n) is 6.56. The van der Waals surface area contributed by atoms with Gasteiger partial charge in [-0.15, -0.1) is 0 Å². The molecule has 1 aliphatic heterocycles.